The molecule has 0 saturated heterocycles. The number of amides is 3. The number of carbonyl (C=O) groups is 3. The van der Waals surface area contributed by atoms with Gasteiger partial charge in [0.05, 0.1) is 5.57 Å². The Morgan fingerprint density at radius 3 is 2.41 bits per heavy atom. The van der Waals surface area contributed by atoms with Crippen molar-refractivity contribution in [3.8, 4) is 0 Å². The van der Waals surface area contributed by atoms with Gasteiger partial charge < -0.3 is 10.2 Å². The van der Waals surface area contributed by atoms with Crippen LogP contribution in [-0.4, -0.2) is 36.2 Å². The van der Waals surface area contributed by atoms with E-state index < -0.39 is 0 Å². The summed E-state index contributed by atoms with van der Waals surface area (Å²) in [5.41, 5.74) is 4.25. The molecule has 0 saturated carbocycles. The smallest absolute Gasteiger partial charge is 0.277 e. The van der Waals surface area contributed by atoms with Gasteiger partial charge in [0.25, 0.3) is 11.8 Å². The zero-order valence-electron chi connectivity index (χ0n) is 15.2. The fraction of sp³-hybridized carbons (Fsp3) is 0.190. The highest BCUT2D eigenvalue weighted by atomic mass is 16.2. The second-order valence-corrected chi connectivity index (χ2v) is 6.68. The highest BCUT2D eigenvalue weighted by Gasteiger charge is 2.41. The van der Waals surface area contributed by atoms with Crippen molar-refractivity contribution < 1.29 is 14.4 Å². The summed E-state index contributed by atoms with van der Waals surface area (Å²) in [7, 11) is 1.51. The van der Waals surface area contributed by atoms with Crippen LogP contribution in [0.5, 0.6) is 0 Å². The molecule has 27 heavy (non-hydrogen) atoms. The molecule has 2 aromatic carbocycles. The maximum Gasteiger partial charge on any atom is 0.277 e. The predicted octanol–water partition coefficient (Wildman–Crippen LogP) is 2.42. The van der Waals surface area contributed by atoms with Crippen molar-refractivity contribution in [1.82, 2.24) is 4.90 Å². The molecule has 0 bridgehead atoms. The number of anilines is 2. The molecule has 6 nitrogen and oxygen atoms in total. The summed E-state index contributed by atoms with van der Waals surface area (Å²) in [6.07, 6.45) is 0.833. The number of hydrogen-bond acceptors (Lipinski definition) is 4. The van der Waals surface area contributed by atoms with Gasteiger partial charge in [0.1, 0.15) is 5.70 Å². The van der Waals surface area contributed by atoms with Gasteiger partial charge in [-0.15, -0.1) is 0 Å². The highest BCUT2D eigenvalue weighted by molar-refractivity contribution is 6.36. The summed E-state index contributed by atoms with van der Waals surface area (Å²) in [4.78, 5) is 40.0. The third kappa shape index (κ3) is 2.79. The molecule has 6 heteroatoms. The van der Waals surface area contributed by atoms with Crippen molar-refractivity contribution in [2.45, 2.75) is 13.3 Å². The molecule has 0 unspecified atom stereocenters. The van der Waals surface area contributed by atoms with E-state index in [0.717, 1.165) is 17.0 Å². The molecule has 2 aromatic rings. The first-order chi connectivity index (χ1) is 13.0. The van der Waals surface area contributed by atoms with E-state index >= 15 is 0 Å². The summed E-state index contributed by atoms with van der Waals surface area (Å²) < 4.78 is 0. The Bertz CT molecular complexity index is 992. The second kappa shape index (κ2) is 6.39. The van der Waals surface area contributed by atoms with Gasteiger partial charge in [0, 0.05) is 31.9 Å². The Kier molecular flexibility index (Phi) is 4.03. The lowest BCUT2D eigenvalue weighted by molar-refractivity contribution is -0.135. The first-order valence-corrected chi connectivity index (χ1v) is 8.77. The van der Waals surface area contributed by atoms with Crippen molar-refractivity contribution in [3.05, 3.63) is 65.4 Å². The van der Waals surface area contributed by atoms with Crippen LogP contribution in [0.1, 0.15) is 18.1 Å². The first kappa shape index (κ1) is 17.0. The van der Waals surface area contributed by atoms with E-state index in [1.165, 1.54) is 19.5 Å². The fourth-order valence-corrected chi connectivity index (χ4v) is 3.63. The summed E-state index contributed by atoms with van der Waals surface area (Å²) in [5.74, 6) is -0.771. The lowest BCUT2D eigenvalue weighted by Crippen LogP contribution is -2.31. The highest BCUT2D eigenvalue weighted by Crippen LogP contribution is 2.38. The topological polar surface area (TPSA) is 69.7 Å². The Labute approximate surface area is 157 Å². The fourth-order valence-electron chi connectivity index (χ4n) is 3.63. The number of imide groups is 1. The molecule has 0 atom stereocenters. The van der Waals surface area contributed by atoms with Gasteiger partial charge in [-0.05, 0) is 35.7 Å². The molecule has 0 fully saturated rings. The monoisotopic (exact) mass is 361 g/mol. The Morgan fingerprint density at radius 2 is 1.70 bits per heavy atom. The molecule has 1 N–H and O–H groups in total. The normalized spacial score (nSPS) is 16.2. The molecule has 0 aliphatic carbocycles. The SMILES string of the molecule is CC(=O)Nc1ccc(C2=C(N3CCc4ccccc43)C(=O)N(C)C2=O)cc1. The van der Waals surface area contributed by atoms with Crippen LogP contribution in [0, 0.1) is 0 Å². The standard InChI is InChI=1S/C21H19N3O3/c1-13(25)22-16-9-7-15(8-10-16)18-19(21(27)23(2)20(18)26)24-12-11-14-5-3-4-6-17(14)24/h3-10H,11-12H2,1-2H3,(H,22,25). The Balaban J connectivity index is 1.81. The summed E-state index contributed by atoms with van der Waals surface area (Å²) >= 11 is 0. The van der Waals surface area contributed by atoms with Crippen molar-refractivity contribution in [2.24, 2.45) is 0 Å². The van der Waals surface area contributed by atoms with Gasteiger partial charge in [0.15, 0.2) is 0 Å². The lowest BCUT2D eigenvalue weighted by Gasteiger charge is -2.21. The number of hydrogen-bond donors (Lipinski definition) is 1. The Hall–Kier alpha value is -3.41. The third-order valence-corrected chi connectivity index (χ3v) is 4.91. The largest absolute Gasteiger partial charge is 0.336 e. The number of fused-ring (bicyclic) bond motifs is 1. The molecular formula is C21H19N3O3. The van der Waals surface area contributed by atoms with Gasteiger partial charge in [-0.1, -0.05) is 30.3 Å². The predicted molar refractivity (Wildman–Crippen MR) is 103 cm³/mol. The van der Waals surface area contributed by atoms with Crippen molar-refractivity contribution >= 4 is 34.7 Å². The van der Waals surface area contributed by atoms with Crippen LogP contribution in [0.15, 0.2) is 54.2 Å². The van der Waals surface area contributed by atoms with Crippen LogP contribution in [0.4, 0.5) is 11.4 Å². The van der Waals surface area contributed by atoms with E-state index in [1.54, 1.807) is 24.3 Å². The van der Waals surface area contributed by atoms with Crippen LogP contribution in [-0.2, 0) is 20.8 Å². The van der Waals surface area contributed by atoms with Crippen LogP contribution < -0.4 is 10.2 Å². The van der Waals surface area contributed by atoms with Gasteiger partial charge in [-0.3, -0.25) is 19.3 Å². The molecule has 3 amide bonds. The van der Waals surface area contributed by atoms with E-state index in [-0.39, 0.29) is 17.7 Å². The minimum absolute atomic E-state index is 0.164. The van der Waals surface area contributed by atoms with E-state index in [9.17, 15) is 14.4 Å². The maximum atomic E-state index is 12.9. The van der Waals surface area contributed by atoms with Crippen molar-refractivity contribution in [2.75, 3.05) is 23.8 Å². The molecule has 0 spiro atoms. The van der Waals surface area contributed by atoms with Crippen LogP contribution in [0.2, 0.25) is 0 Å². The minimum Gasteiger partial charge on any atom is -0.336 e. The number of likely N-dealkylation sites (N-methyl/N-ethyl adjacent to an activating group) is 1. The molecule has 136 valence electrons. The van der Waals surface area contributed by atoms with Crippen molar-refractivity contribution in [3.63, 3.8) is 0 Å². The Morgan fingerprint density at radius 1 is 1.00 bits per heavy atom. The number of nitrogens with zero attached hydrogens (tertiary/aromatic N) is 2. The van der Waals surface area contributed by atoms with E-state index in [0.29, 0.717) is 29.1 Å². The van der Waals surface area contributed by atoms with Gasteiger partial charge >= 0.3 is 0 Å². The van der Waals surface area contributed by atoms with Gasteiger partial charge in [0.2, 0.25) is 5.91 Å². The van der Waals surface area contributed by atoms with E-state index in [1.807, 2.05) is 29.2 Å². The molecule has 2 aliphatic heterocycles. The molecule has 0 radical (unpaired) electrons. The van der Waals surface area contributed by atoms with E-state index in [2.05, 4.69) is 5.32 Å². The number of para-hydroxylation sites is 1. The quantitative estimate of drug-likeness (QED) is 0.853. The summed E-state index contributed by atoms with van der Waals surface area (Å²) in [6, 6.07) is 14.9. The minimum atomic E-state index is -0.313. The van der Waals surface area contributed by atoms with Crippen LogP contribution in [0.25, 0.3) is 5.57 Å². The van der Waals surface area contributed by atoms with Crippen molar-refractivity contribution in [1.29, 1.82) is 0 Å². The van der Waals surface area contributed by atoms with Crippen LogP contribution in [0.3, 0.4) is 0 Å². The third-order valence-electron chi connectivity index (χ3n) is 4.91. The zero-order chi connectivity index (χ0) is 19.1. The molecule has 2 aliphatic rings. The summed E-state index contributed by atoms with van der Waals surface area (Å²) in [5, 5.41) is 2.70. The zero-order valence-corrected chi connectivity index (χ0v) is 15.2. The first-order valence-electron chi connectivity index (χ1n) is 8.77. The number of benzene rings is 2. The number of carbonyl (C=O) groups excluding carboxylic acids is 3. The number of nitrogens with one attached hydrogen (secondary N) is 1. The maximum absolute atomic E-state index is 12.9. The molecule has 0 aromatic heterocycles. The van der Waals surface area contributed by atoms with E-state index in [4.69, 9.17) is 0 Å². The summed E-state index contributed by atoms with van der Waals surface area (Å²) in [6.45, 7) is 2.10. The lowest BCUT2D eigenvalue weighted by atomic mass is 10.0. The average Bonchev–Trinajstić information content (AvgIpc) is 3.17. The molecule has 2 heterocycles. The van der Waals surface area contributed by atoms with Gasteiger partial charge in [-0.2, -0.15) is 0 Å². The number of rotatable bonds is 3. The second-order valence-electron chi connectivity index (χ2n) is 6.68. The molecule has 4 rings (SSSR count). The van der Waals surface area contributed by atoms with Gasteiger partial charge in [-0.25, -0.2) is 0 Å². The molecular weight excluding hydrogens is 342 g/mol. The van der Waals surface area contributed by atoms with Crippen LogP contribution >= 0.6 is 0 Å². The average molecular weight is 361 g/mol.